The van der Waals surface area contributed by atoms with E-state index in [9.17, 15) is 19.4 Å². The van der Waals surface area contributed by atoms with Crippen LogP contribution in [0.25, 0.3) is 0 Å². The van der Waals surface area contributed by atoms with E-state index in [0.29, 0.717) is 12.1 Å². The van der Waals surface area contributed by atoms with Gasteiger partial charge in [-0.3, -0.25) is 9.69 Å². The minimum absolute atomic E-state index is 0.0363. The second-order valence-electron chi connectivity index (χ2n) is 4.82. The molecule has 0 spiro atoms. The van der Waals surface area contributed by atoms with Crippen LogP contribution < -0.4 is 0 Å². The Morgan fingerprint density at radius 1 is 1.50 bits per heavy atom. The maximum Gasteiger partial charge on any atom is 0.163 e. The molecule has 2 N–H and O–H groups in total. The maximum absolute atomic E-state index is 13.5. The normalized spacial score (nSPS) is 12.7. The van der Waals surface area contributed by atoms with Crippen molar-refractivity contribution in [3.8, 4) is 5.75 Å². The molecule has 6 heteroatoms. The van der Waals surface area contributed by atoms with Gasteiger partial charge in [-0.1, -0.05) is 0 Å². The monoisotopic (exact) mass is 285 g/mol. The number of ketones is 1. The Morgan fingerprint density at radius 3 is 2.70 bits per heavy atom. The van der Waals surface area contributed by atoms with Crippen LogP contribution in [-0.2, 0) is 11.3 Å². The first-order valence-electron chi connectivity index (χ1n) is 6.23. The zero-order valence-corrected chi connectivity index (χ0v) is 11.9. The lowest BCUT2D eigenvalue weighted by molar-refractivity contribution is 0.0417. The predicted octanol–water partition coefficient (Wildman–Crippen LogP) is 1.17. The molecule has 5 nitrogen and oxygen atoms in total. The molecule has 0 radical (unpaired) electrons. The van der Waals surface area contributed by atoms with E-state index in [1.807, 2.05) is 0 Å². The molecule has 1 aromatic rings. The van der Waals surface area contributed by atoms with Gasteiger partial charge >= 0.3 is 0 Å². The fourth-order valence-electron chi connectivity index (χ4n) is 2.00. The average molecular weight is 285 g/mol. The number of aliphatic hydroxyl groups is 1. The number of halogens is 1. The van der Waals surface area contributed by atoms with E-state index in [0.717, 1.165) is 6.07 Å². The highest BCUT2D eigenvalue weighted by molar-refractivity contribution is 5.97. The van der Waals surface area contributed by atoms with Crippen LogP contribution in [0.15, 0.2) is 12.1 Å². The number of likely N-dealkylation sites (N-methyl/N-ethyl adjacent to an activating group) is 1. The van der Waals surface area contributed by atoms with Gasteiger partial charge in [-0.25, -0.2) is 4.39 Å². The van der Waals surface area contributed by atoms with Gasteiger partial charge in [0.1, 0.15) is 11.6 Å². The van der Waals surface area contributed by atoms with Crippen molar-refractivity contribution < 1.29 is 24.1 Å². The second-order valence-corrected chi connectivity index (χ2v) is 4.82. The van der Waals surface area contributed by atoms with E-state index < -0.39 is 17.7 Å². The molecule has 20 heavy (non-hydrogen) atoms. The Bertz CT molecular complexity index is 478. The summed E-state index contributed by atoms with van der Waals surface area (Å²) >= 11 is 0. The Hall–Kier alpha value is -1.50. The molecule has 0 saturated carbocycles. The summed E-state index contributed by atoms with van der Waals surface area (Å²) in [6.45, 7) is 1.98. The summed E-state index contributed by atoms with van der Waals surface area (Å²) in [7, 11) is 3.21. The lowest BCUT2D eigenvalue weighted by Crippen LogP contribution is -2.31. The molecular formula is C14H20FNO4. The number of ether oxygens (including phenoxy) is 1. The van der Waals surface area contributed by atoms with Gasteiger partial charge in [0.25, 0.3) is 0 Å². The molecule has 0 bridgehead atoms. The lowest BCUT2D eigenvalue weighted by Gasteiger charge is -2.21. The number of phenolic OH excluding ortho intramolecular Hbond substituents is 1. The Balaban J connectivity index is 2.84. The van der Waals surface area contributed by atoms with Gasteiger partial charge in [0.2, 0.25) is 0 Å². The van der Waals surface area contributed by atoms with Crippen molar-refractivity contribution in [3.63, 3.8) is 0 Å². The molecule has 1 atom stereocenters. The van der Waals surface area contributed by atoms with E-state index in [-0.39, 0.29) is 24.5 Å². The fourth-order valence-corrected chi connectivity index (χ4v) is 2.00. The van der Waals surface area contributed by atoms with Crippen LogP contribution in [0, 0.1) is 5.82 Å². The third-order valence-corrected chi connectivity index (χ3v) is 2.85. The summed E-state index contributed by atoms with van der Waals surface area (Å²) in [5.74, 6) is -1.19. The molecule has 0 aliphatic carbocycles. The Morgan fingerprint density at radius 2 is 2.15 bits per heavy atom. The number of aromatic hydroxyl groups is 1. The third kappa shape index (κ3) is 4.56. The molecule has 1 aromatic carbocycles. The average Bonchev–Trinajstić information content (AvgIpc) is 2.33. The second kappa shape index (κ2) is 7.33. The molecule has 0 aromatic heterocycles. The van der Waals surface area contributed by atoms with Crippen molar-refractivity contribution in [3.05, 3.63) is 29.1 Å². The van der Waals surface area contributed by atoms with Crippen LogP contribution >= 0.6 is 0 Å². The van der Waals surface area contributed by atoms with E-state index in [1.54, 1.807) is 11.9 Å². The number of carbonyl (C=O) groups excluding carboxylic acids is 1. The van der Waals surface area contributed by atoms with Crippen molar-refractivity contribution in [2.24, 2.45) is 0 Å². The van der Waals surface area contributed by atoms with Gasteiger partial charge in [-0.15, -0.1) is 0 Å². The molecule has 0 amide bonds. The number of rotatable bonds is 7. The molecule has 0 saturated heterocycles. The molecule has 112 valence electrons. The van der Waals surface area contributed by atoms with Crippen molar-refractivity contribution >= 4 is 5.78 Å². The van der Waals surface area contributed by atoms with Crippen LogP contribution in [0.3, 0.4) is 0 Å². The Labute approximate surface area is 117 Å². The van der Waals surface area contributed by atoms with E-state index in [4.69, 9.17) is 4.74 Å². The summed E-state index contributed by atoms with van der Waals surface area (Å²) in [4.78, 5) is 13.0. The third-order valence-electron chi connectivity index (χ3n) is 2.85. The minimum atomic E-state index is -0.673. The summed E-state index contributed by atoms with van der Waals surface area (Å²) < 4.78 is 18.3. The van der Waals surface area contributed by atoms with Gasteiger partial charge in [0.15, 0.2) is 5.78 Å². The van der Waals surface area contributed by atoms with E-state index in [1.165, 1.54) is 20.1 Å². The molecular weight excluding hydrogens is 265 g/mol. The summed E-state index contributed by atoms with van der Waals surface area (Å²) in [5, 5.41) is 19.6. The maximum atomic E-state index is 13.5. The van der Waals surface area contributed by atoms with Gasteiger partial charge < -0.3 is 14.9 Å². The van der Waals surface area contributed by atoms with E-state index in [2.05, 4.69) is 0 Å². The van der Waals surface area contributed by atoms with Crippen LogP contribution in [-0.4, -0.2) is 54.3 Å². The Kier molecular flexibility index (Phi) is 6.06. The number of aliphatic hydroxyl groups excluding tert-OH is 1. The largest absolute Gasteiger partial charge is 0.507 e. The molecule has 0 fully saturated rings. The standard InChI is InChI=1S/C14H20FNO4/c1-9(17)13-5-11(15)4-10(14(13)19)6-16(2)7-12(18)8-20-3/h4-5,12,18-19H,6-8H2,1-3H3. The minimum Gasteiger partial charge on any atom is -0.507 e. The number of nitrogens with zero attached hydrogens (tertiary/aromatic N) is 1. The number of methoxy groups -OCH3 is 1. The van der Waals surface area contributed by atoms with Crippen molar-refractivity contribution in [1.29, 1.82) is 0 Å². The topological polar surface area (TPSA) is 70.0 Å². The number of hydrogen-bond acceptors (Lipinski definition) is 5. The number of carbonyl (C=O) groups is 1. The van der Waals surface area contributed by atoms with Gasteiger partial charge in [0.05, 0.1) is 18.3 Å². The highest BCUT2D eigenvalue weighted by Crippen LogP contribution is 2.25. The molecule has 1 unspecified atom stereocenters. The summed E-state index contributed by atoms with van der Waals surface area (Å²) in [6.07, 6.45) is -0.673. The van der Waals surface area contributed by atoms with Gasteiger partial charge in [0, 0.05) is 25.8 Å². The lowest BCUT2D eigenvalue weighted by atomic mass is 10.0. The number of Topliss-reactive ketones (excluding diaryl/α,β-unsaturated/α-hetero) is 1. The van der Waals surface area contributed by atoms with Crippen LogP contribution in [0.4, 0.5) is 4.39 Å². The summed E-state index contributed by atoms with van der Waals surface area (Å²) in [6, 6.07) is 2.20. The SMILES string of the molecule is COCC(O)CN(C)Cc1cc(F)cc(C(C)=O)c1O. The number of hydrogen-bond donors (Lipinski definition) is 2. The molecule has 1 rings (SSSR count). The molecule has 0 aliphatic heterocycles. The van der Waals surface area contributed by atoms with E-state index >= 15 is 0 Å². The molecule has 0 aliphatic rings. The zero-order valence-electron chi connectivity index (χ0n) is 11.9. The number of benzene rings is 1. The first kappa shape index (κ1) is 16.6. The smallest absolute Gasteiger partial charge is 0.163 e. The predicted molar refractivity (Wildman–Crippen MR) is 72.3 cm³/mol. The fraction of sp³-hybridized carbons (Fsp3) is 0.500. The highest BCUT2D eigenvalue weighted by atomic mass is 19.1. The van der Waals surface area contributed by atoms with Gasteiger partial charge in [-0.05, 0) is 26.1 Å². The number of phenols is 1. The van der Waals surface area contributed by atoms with Crippen molar-refractivity contribution in [1.82, 2.24) is 4.90 Å². The summed E-state index contributed by atoms with van der Waals surface area (Å²) in [5.41, 5.74) is 0.271. The van der Waals surface area contributed by atoms with Crippen molar-refractivity contribution in [2.45, 2.75) is 19.6 Å². The zero-order chi connectivity index (χ0) is 15.3. The van der Waals surface area contributed by atoms with Crippen molar-refractivity contribution in [2.75, 3.05) is 27.3 Å². The van der Waals surface area contributed by atoms with Gasteiger partial charge in [-0.2, -0.15) is 0 Å². The first-order chi connectivity index (χ1) is 9.35. The van der Waals surface area contributed by atoms with Crippen LogP contribution in [0.1, 0.15) is 22.8 Å². The molecule has 0 heterocycles. The highest BCUT2D eigenvalue weighted by Gasteiger charge is 2.16. The van der Waals surface area contributed by atoms with Crippen LogP contribution in [0.5, 0.6) is 5.75 Å². The first-order valence-corrected chi connectivity index (χ1v) is 6.23. The quantitative estimate of drug-likeness (QED) is 0.736. The van der Waals surface area contributed by atoms with Crippen LogP contribution in [0.2, 0.25) is 0 Å².